The van der Waals surface area contributed by atoms with Gasteiger partial charge in [-0.25, -0.2) is 5.10 Å². The molecule has 2 fully saturated rings. The quantitative estimate of drug-likeness (QED) is 0.427. The predicted octanol–water partition coefficient (Wildman–Crippen LogP) is 5.88. The van der Waals surface area contributed by atoms with Crippen molar-refractivity contribution in [1.29, 1.82) is 0 Å². The molecule has 0 saturated heterocycles. The fourth-order valence-corrected chi connectivity index (χ4v) is 5.36. The second-order valence-corrected chi connectivity index (χ2v) is 10.2. The summed E-state index contributed by atoms with van der Waals surface area (Å²) in [6.45, 7) is 0. The Balaban J connectivity index is 1.34. The monoisotopic (exact) mass is 475 g/mol. The average Bonchev–Trinajstić information content (AvgIpc) is 3.48. The molecule has 176 valence electrons. The van der Waals surface area contributed by atoms with Crippen LogP contribution in [0.2, 0.25) is 5.15 Å². The van der Waals surface area contributed by atoms with Crippen molar-refractivity contribution >= 4 is 23.2 Å². The number of halogens is 1. The summed E-state index contributed by atoms with van der Waals surface area (Å²) >= 11 is 6.14. The topological polar surface area (TPSA) is 74.8 Å². The van der Waals surface area contributed by atoms with Crippen molar-refractivity contribution in [3.8, 4) is 0 Å². The fraction of sp³-hybridized carbons (Fsp3) is 0.393. The first-order valence-corrected chi connectivity index (χ1v) is 12.7. The molecule has 1 aromatic heterocycles. The van der Waals surface area contributed by atoms with E-state index in [2.05, 4.69) is 39.8 Å². The van der Waals surface area contributed by atoms with Crippen molar-refractivity contribution in [1.82, 2.24) is 10.2 Å². The summed E-state index contributed by atoms with van der Waals surface area (Å²) in [6.07, 6.45) is 8.77. The molecule has 2 N–H and O–H groups in total. The van der Waals surface area contributed by atoms with Crippen LogP contribution in [0.25, 0.3) is 0 Å². The van der Waals surface area contributed by atoms with Crippen LogP contribution >= 0.6 is 11.6 Å². The number of benzene rings is 2. The van der Waals surface area contributed by atoms with E-state index in [0.717, 1.165) is 42.0 Å². The van der Waals surface area contributed by atoms with Gasteiger partial charge < -0.3 is 5.32 Å². The molecule has 0 radical (unpaired) electrons. The second kappa shape index (κ2) is 10.1. The summed E-state index contributed by atoms with van der Waals surface area (Å²) in [5.74, 6) is 1.07. The van der Waals surface area contributed by atoms with Gasteiger partial charge in [0.15, 0.2) is 5.15 Å². The number of nitrogens with one attached hydrogen (secondary N) is 2. The third-order valence-corrected chi connectivity index (χ3v) is 7.46. The molecule has 0 bridgehead atoms. The van der Waals surface area contributed by atoms with Crippen LogP contribution in [0.3, 0.4) is 0 Å². The van der Waals surface area contributed by atoms with Crippen molar-refractivity contribution in [2.45, 2.75) is 57.3 Å². The average molecular weight is 476 g/mol. The molecule has 2 saturated carbocycles. The lowest BCUT2D eigenvalue weighted by Gasteiger charge is -2.24. The van der Waals surface area contributed by atoms with Crippen molar-refractivity contribution in [3.63, 3.8) is 0 Å². The Morgan fingerprint density at radius 1 is 1.03 bits per heavy atom. The van der Waals surface area contributed by atoms with Crippen LogP contribution in [0.5, 0.6) is 0 Å². The van der Waals surface area contributed by atoms with Gasteiger partial charge in [0.2, 0.25) is 5.91 Å². The van der Waals surface area contributed by atoms with Gasteiger partial charge in [0.25, 0.3) is 5.56 Å². The van der Waals surface area contributed by atoms with Gasteiger partial charge in [0.05, 0.1) is 5.92 Å². The highest BCUT2D eigenvalue weighted by molar-refractivity contribution is 6.30. The molecule has 6 heteroatoms. The smallest absolute Gasteiger partial charge is 0.264 e. The van der Waals surface area contributed by atoms with Gasteiger partial charge in [-0.3, -0.25) is 9.59 Å². The van der Waals surface area contributed by atoms with Gasteiger partial charge in [0.1, 0.15) is 0 Å². The maximum absolute atomic E-state index is 13.5. The third kappa shape index (κ3) is 5.58. The molecule has 1 amide bonds. The Morgan fingerprint density at radius 3 is 2.53 bits per heavy atom. The van der Waals surface area contributed by atoms with Gasteiger partial charge in [-0.15, -0.1) is 0 Å². The van der Waals surface area contributed by atoms with E-state index in [4.69, 9.17) is 11.6 Å². The van der Waals surface area contributed by atoms with Gasteiger partial charge in [-0.1, -0.05) is 60.8 Å². The van der Waals surface area contributed by atoms with Crippen LogP contribution in [0.15, 0.2) is 59.4 Å². The minimum Gasteiger partial charge on any atom is -0.326 e. The number of anilines is 1. The molecule has 3 aromatic rings. The van der Waals surface area contributed by atoms with E-state index in [9.17, 15) is 9.59 Å². The van der Waals surface area contributed by atoms with Crippen LogP contribution in [-0.2, 0) is 17.6 Å². The van der Waals surface area contributed by atoms with Crippen LogP contribution in [0.1, 0.15) is 66.7 Å². The summed E-state index contributed by atoms with van der Waals surface area (Å²) in [6, 6.07) is 18.0. The largest absolute Gasteiger partial charge is 0.326 e. The molecule has 2 aromatic carbocycles. The third-order valence-electron chi connectivity index (χ3n) is 7.14. The molecule has 5 rings (SSSR count). The van der Waals surface area contributed by atoms with E-state index in [0.29, 0.717) is 23.1 Å². The Morgan fingerprint density at radius 2 is 1.79 bits per heavy atom. The molecule has 0 aliphatic heterocycles. The molecule has 1 unspecified atom stereocenters. The van der Waals surface area contributed by atoms with E-state index in [1.807, 2.05) is 24.3 Å². The number of rotatable bonds is 8. The zero-order valence-electron chi connectivity index (χ0n) is 19.2. The maximum Gasteiger partial charge on any atom is 0.264 e. The number of aromatic nitrogens is 2. The van der Waals surface area contributed by atoms with Crippen LogP contribution in [-0.4, -0.2) is 16.1 Å². The van der Waals surface area contributed by atoms with Crippen molar-refractivity contribution in [2.24, 2.45) is 11.8 Å². The SMILES string of the molecule is O=C(Nc1cccc(CC2CC2)c1)C(c1ccc(Cc2cc(=O)[nH]nc2Cl)cc1)C1CCCC1. The number of hydrogen-bond donors (Lipinski definition) is 2. The summed E-state index contributed by atoms with van der Waals surface area (Å²) < 4.78 is 0. The Bertz CT molecular complexity index is 1210. The minimum atomic E-state index is -0.268. The van der Waals surface area contributed by atoms with Gasteiger partial charge in [-0.2, -0.15) is 5.10 Å². The van der Waals surface area contributed by atoms with E-state index in [-0.39, 0.29) is 17.4 Å². The van der Waals surface area contributed by atoms with Crippen LogP contribution in [0.4, 0.5) is 5.69 Å². The lowest BCUT2D eigenvalue weighted by Crippen LogP contribution is -2.26. The summed E-state index contributed by atoms with van der Waals surface area (Å²) in [4.78, 5) is 25.1. The Hall–Kier alpha value is -2.92. The van der Waals surface area contributed by atoms with E-state index >= 15 is 0 Å². The number of carbonyl (C=O) groups excluding carboxylic acids is 1. The summed E-state index contributed by atoms with van der Waals surface area (Å²) in [5, 5.41) is 9.70. The predicted molar refractivity (Wildman–Crippen MR) is 135 cm³/mol. The molecule has 2 aliphatic carbocycles. The number of carbonyl (C=O) groups is 1. The molecule has 2 aliphatic rings. The first kappa shape index (κ1) is 22.9. The zero-order chi connectivity index (χ0) is 23.5. The Labute approximate surface area is 204 Å². The highest BCUT2D eigenvalue weighted by Crippen LogP contribution is 2.38. The number of aromatic amines is 1. The zero-order valence-corrected chi connectivity index (χ0v) is 20.0. The van der Waals surface area contributed by atoms with Gasteiger partial charge in [-0.05, 0) is 72.8 Å². The fourth-order valence-electron chi connectivity index (χ4n) is 5.19. The number of hydrogen-bond acceptors (Lipinski definition) is 3. The molecular weight excluding hydrogens is 446 g/mol. The highest BCUT2D eigenvalue weighted by Gasteiger charge is 2.32. The molecular formula is C28H30ClN3O2. The van der Waals surface area contributed by atoms with Gasteiger partial charge >= 0.3 is 0 Å². The highest BCUT2D eigenvalue weighted by atomic mass is 35.5. The van der Waals surface area contributed by atoms with Gasteiger partial charge in [0, 0.05) is 23.7 Å². The first-order valence-electron chi connectivity index (χ1n) is 12.3. The first-order chi connectivity index (χ1) is 16.5. The Kier molecular flexibility index (Phi) is 6.82. The maximum atomic E-state index is 13.5. The number of amides is 1. The van der Waals surface area contributed by atoms with Crippen LogP contribution in [0, 0.1) is 11.8 Å². The van der Waals surface area contributed by atoms with Crippen molar-refractivity contribution in [2.75, 3.05) is 5.32 Å². The second-order valence-electron chi connectivity index (χ2n) is 9.83. The molecule has 34 heavy (non-hydrogen) atoms. The summed E-state index contributed by atoms with van der Waals surface area (Å²) in [7, 11) is 0. The van der Waals surface area contributed by atoms with E-state index in [1.54, 1.807) is 0 Å². The lowest BCUT2D eigenvalue weighted by atomic mass is 9.83. The molecule has 1 heterocycles. The minimum absolute atomic E-state index is 0.0741. The summed E-state index contributed by atoms with van der Waals surface area (Å²) in [5.41, 5.74) is 4.67. The van der Waals surface area contributed by atoms with E-state index < -0.39 is 0 Å². The molecule has 5 nitrogen and oxygen atoms in total. The van der Waals surface area contributed by atoms with E-state index in [1.165, 1.54) is 37.3 Å². The van der Waals surface area contributed by atoms with Crippen molar-refractivity contribution < 1.29 is 4.79 Å². The standard InChI is InChI=1S/C28H30ClN3O2/c29-27-23(17-25(33)31-32-27)15-19-10-12-22(13-11-19)26(21-5-1-2-6-21)28(34)30-24-7-3-4-20(16-24)14-18-8-9-18/h3-4,7,10-13,16-18,21,26H,1-2,5-6,8-9,14-15H2,(H,30,34)(H,31,33). The molecule has 1 atom stereocenters. The normalized spacial score (nSPS) is 17.0. The number of nitrogens with zero attached hydrogens (tertiary/aromatic N) is 1. The number of H-pyrrole nitrogens is 1. The molecule has 0 spiro atoms. The van der Waals surface area contributed by atoms with Crippen molar-refractivity contribution in [3.05, 3.63) is 92.4 Å². The van der Waals surface area contributed by atoms with Crippen LogP contribution < -0.4 is 10.9 Å². The lowest BCUT2D eigenvalue weighted by molar-refractivity contribution is -0.118.